The number of methoxy groups -OCH3 is 1. The van der Waals surface area contributed by atoms with Crippen LogP contribution in [0.3, 0.4) is 0 Å². The van der Waals surface area contributed by atoms with E-state index in [0.29, 0.717) is 59.0 Å². The van der Waals surface area contributed by atoms with E-state index in [9.17, 15) is 13.2 Å². The Morgan fingerprint density at radius 3 is 2.31 bits per heavy atom. The molecule has 0 spiro atoms. The van der Waals surface area contributed by atoms with Crippen molar-refractivity contribution < 1.29 is 27.4 Å². The molecule has 3 saturated heterocycles. The SMILES string of the molecule is COCC(=O)N(C1CCOCC1)C1CCN(S(=O)(=O)N2CCOCC2)C1. The van der Waals surface area contributed by atoms with Gasteiger partial charge in [0.2, 0.25) is 5.91 Å². The Kier molecular flexibility index (Phi) is 6.87. The van der Waals surface area contributed by atoms with E-state index in [1.165, 1.54) is 15.7 Å². The number of ether oxygens (including phenoxy) is 3. The fraction of sp³-hybridized carbons (Fsp3) is 0.938. The lowest BCUT2D eigenvalue weighted by atomic mass is 10.0. The molecule has 0 radical (unpaired) electrons. The van der Waals surface area contributed by atoms with Gasteiger partial charge in [-0.15, -0.1) is 0 Å². The Hall–Kier alpha value is -0.780. The highest BCUT2D eigenvalue weighted by molar-refractivity contribution is 7.86. The van der Waals surface area contributed by atoms with Gasteiger partial charge >= 0.3 is 0 Å². The Labute approximate surface area is 155 Å². The van der Waals surface area contributed by atoms with Crippen LogP contribution in [0.4, 0.5) is 0 Å². The number of rotatable bonds is 6. The highest BCUT2D eigenvalue weighted by Gasteiger charge is 2.41. The first-order valence-electron chi connectivity index (χ1n) is 9.25. The standard InChI is InChI=1S/C16H29N3O6S/c1-23-13-16(20)19(14-3-8-24-9-4-14)15-2-5-18(12-15)26(21,22)17-6-10-25-11-7-17/h14-15H,2-13H2,1H3. The van der Waals surface area contributed by atoms with Gasteiger partial charge in [0.1, 0.15) is 6.61 Å². The molecule has 3 rings (SSSR count). The highest BCUT2D eigenvalue weighted by atomic mass is 32.2. The van der Waals surface area contributed by atoms with Crippen molar-refractivity contribution in [2.45, 2.75) is 31.3 Å². The van der Waals surface area contributed by atoms with Crippen molar-refractivity contribution in [1.29, 1.82) is 0 Å². The highest BCUT2D eigenvalue weighted by Crippen LogP contribution is 2.26. The summed E-state index contributed by atoms with van der Waals surface area (Å²) in [6, 6.07) is -0.0287. The van der Waals surface area contributed by atoms with Crippen LogP contribution in [0.25, 0.3) is 0 Å². The summed E-state index contributed by atoms with van der Waals surface area (Å²) in [6.45, 7) is 3.68. The molecule has 3 aliphatic rings. The Morgan fingerprint density at radius 2 is 1.65 bits per heavy atom. The first-order chi connectivity index (χ1) is 12.5. The summed E-state index contributed by atoms with van der Waals surface area (Å²) in [5.74, 6) is -0.0741. The van der Waals surface area contributed by atoms with Crippen molar-refractivity contribution in [1.82, 2.24) is 13.5 Å². The zero-order valence-corrected chi connectivity index (χ0v) is 16.2. The molecule has 0 aromatic rings. The monoisotopic (exact) mass is 391 g/mol. The molecular formula is C16H29N3O6S. The molecule has 0 saturated carbocycles. The molecule has 1 amide bonds. The summed E-state index contributed by atoms with van der Waals surface area (Å²) in [4.78, 5) is 14.5. The lowest BCUT2D eigenvalue weighted by Gasteiger charge is -2.38. The summed E-state index contributed by atoms with van der Waals surface area (Å²) < 4.78 is 44.5. The average Bonchev–Trinajstić information content (AvgIpc) is 3.14. The first-order valence-corrected chi connectivity index (χ1v) is 10.6. The summed E-state index contributed by atoms with van der Waals surface area (Å²) in [5.41, 5.74) is 0. The van der Waals surface area contributed by atoms with Crippen molar-refractivity contribution in [3.05, 3.63) is 0 Å². The molecule has 10 heteroatoms. The van der Waals surface area contributed by atoms with Gasteiger partial charge in [0, 0.05) is 58.6 Å². The van der Waals surface area contributed by atoms with Gasteiger partial charge in [0.15, 0.2) is 0 Å². The number of amides is 1. The van der Waals surface area contributed by atoms with Crippen molar-refractivity contribution in [2.24, 2.45) is 0 Å². The van der Waals surface area contributed by atoms with E-state index in [1.807, 2.05) is 4.90 Å². The van der Waals surface area contributed by atoms with Crippen LogP contribution in [-0.4, -0.2) is 106 Å². The number of hydrogen-bond acceptors (Lipinski definition) is 6. The Morgan fingerprint density at radius 1 is 1.00 bits per heavy atom. The van der Waals surface area contributed by atoms with Gasteiger partial charge in [-0.05, 0) is 19.3 Å². The van der Waals surface area contributed by atoms with E-state index in [-0.39, 0.29) is 24.6 Å². The molecule has 3 aliphatic heterocycles. The quantitative estimate of drug-likeness (QED) is 0.594. The fourth-order valence-corrected chi connectivity index (χ4v) is 5.59. The molecule has 3 heterocycles. The van der Waals surface area contributed by atoms with Crippen LogP contribution in [0, 0.1) is 0 Å². The van der Waals surface area contributed by atoms with Crippen LogP contribution in [-0.2, 0) is 29.2 Å². The number of hydrogen-bond donors (Lipinski definition) is 0. The van der Waals surface area contributed by atoms with E-state index in [4.69, 9.17) is 14.2 Å². The van der Waals surface area contributed by atoms with Crippen molar-refractivity contribution in [2.75, 3.05) is 66.3 Å². The van der Waals surface area contributed by atoms with E-state index in [1.54, 1.807) is 0 Å². The van der Waals surface area contributed by atoms with Gasteiger partial charge in [-0.1, -0.05) is 0 Å². The van der Waals surface area contributed by atoms with E-state index >= 15 is 0 Å². The number of carbonyl (C=O) groups is 1. The van der Waals surface area contributed by atoms with Gasteiger partial charge in [0.25, 0.3) is 10.2 Å². The lowest BCUT2D eigenvalue weighted by molar-refractivity contribution is -0.142. The number of morpholine rings is 1. The molecule has 1 atom stereocenters. The third-order valence-corrected chi connectivity index (χ3v) is 7.28. The molecule has 0 bridgehead atoms. The number of nitrogens with zero attached hydrogens (tertiary/aromatic N) is 3. The summed E-state index contributed by atoms with van der Waals surface area (Å²) >= 11 is 0. The molecule has 26 heavy (non-hydrogen) atoms. The summed E-state index contributed by atoms with van der Waals surface area (Å²) in [7, 11) is -2.00. The van der Waals surface area contributed by atoms with Crippen LogP contribution in [0.5, 0.6) is 0 Å². The molecule has 150 valence electrons. The smallest absolute Gasteiger partial charge is 0.282 e. The van der Waals surface area contributed by atoms with Crippen molar-refractivity contribution in [3.8, 4) is 0 Å². The minimum absolute atomic E-state index is 0.0179. The maximum Gasteiger partial charge on any atom is 0.282 e. The molecule has 0 aliphatic carbocycles. The molecule has 0 aromatic heterocycles. The Balaban J connectivity index is 1.69. The lowest BCUT2D eigenvalue weighted by Crippen LogP contribution is -2.53. The minimum Gasteiger partial charge on any atom is -0.381 e. The second-order valence-corrected chi connectivity index (χ2v) is 8.83. The minimum atomic E-state index is -3.50. The van der Waals surface area contributed by atoms with E-state index in [0.717, 1.165) is 12.8 Å². The maximum atomic E-state index is 12.9. The van der Waals surface area contributed by atoms with Gasteiger partial charge in [0.05, 0.1) is 13.2 Å². The van der Waals surface area contributed by atoms with Crippen LogP contribution in [0.2, 0.25) is 0 Å². The molecule has 9 nitrogen and oxygen atoms in total. The predicted octanol–water partition coefficient (Wildman–Crippen LogP) is -0.708. The van der Waals surface area contributed by atoms with Crippen LogP contribution in [0.1, 0.15) is 19.3 Å². The second-order valence-electron chi connectivity index (χ2n) is 6.90. The molecule has 0 N–H and O–H groups in total. The summed E-state index contributed by atoms with van der Waals surface area (Å²) in [5, 5.41) is 0. The third-order valence-electron chi connectivity index (χ3n) is 5.28. The molecule has 1 unspecified atom stereocenters. The predicted molar refractivity (Wildman–Crippen MR) is 93.9 cm³/mol. The van der Waals surface area contributed by atoms with Gasteiger partial charge in [-0.3, -0.25) is 4.79 Å². The molecular weight excluding hydrogens is 362 g/mol. The van der Waals surface area contributed by atoms with Crippen LogP contribution in [0.15, 0.2) is 0 Å². The van der Waals surface area contributed by atoms with E-state index in [2.05, 4.69) is 0 Å². The van der Waals surface area contributed by atoms with Crippen LogP contribution >= 0.6 is 0 Å². The first kappa shape index (κ1) is 20.0. The van der Waals surface area contributed by atoms with E-state index < -0.39 is 10.2 Å². The zero-order chi connectivity index (χ0) is 18.6. The van der Waals surface area contributed by atoms with Crippen molar-refractivity contribution >= 4 is 16.1 Å². The number of carbonyl (C=O) groups excluding carboxylic acids is 1. The van der Waals surface area contributed by atoms with Crippen molar-refractivity contribution in [3.63, 3.8) is 0 Å². The van der Waals surface area contributed by atoms with Gasteiger partial charge < -0.3 is 19.1 Å². The zero-order valence-electron chi connectivity index (χ0n) is 15.3. The van der Waals surface area contributed by atoms with Gasteiger partial charge in [-0.2, -0.15) is 17.0 Å². The van der Waals surface area contributed by atoms with Crippen LogP contribution < -0.4 is 0 Å². The second kappa shape index (κ2) is 8.94. The normalized spacial score (nSPS) is 26.9. The summed E-state index contributed by atoms with van der Waals surface area (Å²) in [6.07, 6.45) is 2.21. The Bertz CT molecular complexity index is 575. The van der Waals surface area contributed by atoms with Gasteiger partial charge in [-0.25, -0.2) is 0 Å². The third kappa shape index (κ3) is 4.37. The largest absolute Gasteiger partial charge is 0.381 e. The molecule has 0 aromatic carbocycles. The topological polar surface area (TPSA) is 88.6 Å². The maximum absolute atomic E-state index is 12.9. The average molecular weight is 391 g/mol. The molecule has 3 fully saturated rings. The fourth-order valence-electron chi connectivity index (χ4n) is 3.95.